The molecule has 4 aromatic rings. The molecule has 31 heavy (non-hydrogen) atoms. The highest BCUT2D eigenvalue weighted by molar-refractivity contribution is 6.33. The summed E-state index contributed by atoms with van der Waals surface area (Å²) in [5.74, 6) is -0.640. The number of aryl methyl sites for hydroxylation is 1. The summed E-state index contributed by atoms with van der Waals surface area (Å²) in [6.07, 6.45) is 1.32. The van der Waals surface area contributed by atoms with Gasteiger partial charge in [0.2, 0.25) is 5.82 Å². The van der Waals surface area contributed by atoms with E-state index in [0.717, 1.165) is 11.3 Å². The Labute approximate surface area is 182 Å². The first-order valence-corrected chi connectivity index (χ1v) is 9.58. The second-order valence-corrected chi connectivity index (χ2v) is 6.80. The molecule has 0 aliphatic rings. The van der Waals surface area contributed by atoms with E-state index in [1.165, 1.54) is 6.20 Å². The van der Waals surface area contributed by atoms with Crippen LogP contribution in [0.5, 0.6) is 0 Å². The Morgan fingerprint density at radius 2 is 1.55 bits per heavy atom. The van der Waals surface area contributed by atoms with Crippen LogP contribution in [-0.4, -0.2) is 36.5 Å². The fraction of sp³-hybridized carbons (Fsp3) is 0.0476. The number of amides is 2. The third kappa shape index (κ3) is 4.41. The second-order valence-electron chi connectivity index (χ2n) is 6.39. The van der Waals surface area contributed by atoms with Crippen molar-refractivity contribution < 1.29 is 9.59 Å². The van der Waals surface area contributed by atoms with Crippen molar-refractivity contribution in [2.24, 2.45) is 0 Å². The third-order valence-electron chi connectivity index (χ3n) is 4.21. The van der Waals surface area contributed by atoms with Gasteiger partial charge in [0.25, 0.3) is 5.91 Å². The Hall–Kier alpha value is -4.11. The number of carbonyl (C=O) groups is 2. The van der Waals surface area contributed by atoms with Crippen molar-refractivity contribution >= 4 is 23.4 Å². The molecule has 4 rings (SSSR count). The molecule has 0 fully saturated rings. The Bertz CT molecular complexity index is 1190. The van der Waals surface area contributed by atoms with Gasteiger partial charge in [-0.2, -0.15) is 0 Å². The Balaban J connectivity index is 1.59. The van der Waals surface area contributed by atoms with Crippen LogP contribution in [0.1, 0.15) is 26.9 Å². The van der Waals surface area contributed by atoms with E-state index < -0.39 is 11.8 Å². The summed E-state index contributed by atoms with van der Waals surface area (Å²) in [6, 6.07) is 18.7. The molecule has 0 radical (unpaired) electrons. The molecule has 2 aromatic heterocycles. The molecule has 9 nitrogen and oxygen atoms in total. The van der Waals surface area contributed by atoms with E-state index in [9.17, 15) is 9.59 Å². The number of para-hydroxylation sites is 1. The lowest BCUT2D eigenvalue weighted by molar-refractivity contribution is 0.0838. The van der Waals surface area contributed by atoms with Crippen molar-refractivity contribution in [3.8, 4) is 17.1 Å². The molecule has 0 unspecified atom stereocenters. The highest BCUT2D eigenvalue weighted by Gasteiger charge is 2.20. The minimum absolute atomic E-state index is 0.0535. The lowest BCUT2D eigenvalue weighted by Crippen LogP contribution is -2.42. The van der Waals surface area contributed by atoms with Crippen molar-refractivity contribution in [1.29, 1.82) is 0 Å². The second kappa shape index (κ2) is 8.72. The van der Waals surface area contributed by atoms with Crippen LogP contribution in [-0.2, 0) is 0 Å². The van der Waals surface area contributed by atoms with Crippen LogP contribution < -0.4 is 10.9 Å². The van der Waals surface area contributed by atoms with Crippen molar-refractivity contribution in [1.82, 2.24) is 35.6 Å². The molecule has 0 aliphatic heterocycles. The van der Waals surface area contributed by atoms with E-state index in [0.29, 0.717) is 11.6 Å². The van der Waals surface area contributed by atoms with Crippen molar-refractivity contribution in [3.05, 3.63) is 89.2 Å². The van der Waals surface area contributed by atoms with E-state index in [4.69, 9.17) is 11.6 Å². The number of rotatable bonds is 4. The van der Waals surface area contributed by atoms with E-state index in [-0.39, 0.29) is 16.5 Å². The van der Waals surface area contributed by atoms with Gasteiger partial charge in [0, 0.05) is 5.56 Å². The van der Waals surface area contributed by atoms with E-state index in [2.05, 4.69) is 30.9 Å². The van der Waals surface area contributed by atoms with Gasteiger partial charge in [0.1, 0.15) is 5.82 Å². The standard InChI is InChI=1S/C21H16ClN7O2/c1-13-23-12-16(22)17(24-13)20(30)26-27-21(31)18-25-19(14-8-4-2-5-9-14)29(28-18)15-10-6-3-7-11-15/h2-12H,1H3,(H,26,30)(H,27,31). The van der Waals surface area contributed by atoms with Gasteiger partial charge in [-0.25, -0.2) is 19.6 Å². The maximum Gasteiger partial charge on any atom is 0.309 e. The molecule has 2 amide bonds. The number of nitrogens with one attached hydrogen (secondary N) is 2. The number of nitrogens with zero attached hydrogens (tertiary/aromatic N) is 5. The molecule has 0 bridgehead atoms. The topological polar surface area (TPSA) is 115 Å². The van der Waals surface area contributed by atoms with Crippen LogP contribution in [0, 0.1) is 6.92 Å². The first-order valence-electron chi connectivity index (χ1n) is 9.20. The maximum absolute atomic E-state index is 12.6. The van der Waals surface area contributed by atoms with Gasteiger partial charge >= 0.3 is 5.91 Å². The summed E-state index contributed by atoms with van der Waals surface area (Å²) in [6.45, 7) is 1.62. The zero-order valence-electron chi connectivity index (χ0n) is 16.3. The van der Waals surface area contributed by atoms with Gasteiger partial charge < -0.3 is 0 Å². The molecule has 0 saturated heterocycles. The number of hydrogen-bond acceptors (Lipinski definition) is 6. The lowest BCUT2D eigenvalue weighted by Gasteiger charge is -2.06. The predicted molar refractivity (Wildman–Crippen MR) is 114 cm³/mol. The van der Waals surface area contributed by atoms with Crippen molar-refractivity contribution in [2.45, 2.75) is 6.92 Å². The Morgan fingerprint density at radius 1 is 0.903 bits per heavy atom. The molecule has 0 spiro atoms. The minimum atomic E-state index is -0.692. The number of halogens is 1. The molecule has 0 aliphatic carbocycles. The number of carbonyl (C=O) groups excluding carboxylic acids is 2. The number of hydrazine groups is 1. The summed E-state index contributed by atoms with van der Waals surface area (Å²) in [5, 5.41) is 4.39. The van der Waals surface area contributed by atoms with E-state index in [1.807, 2.05) is 60.7 Å². The fourth-order valence-electron chi connectivity index (χ4n) is 2.77. The fourth-order valence-corrected chi connectivity index (χ4v) is 2.95. The molecule has 0 saturated carbocycles. The van der Waals surface area contributed by atoms with E-state index >= 15 is 0 Å². The summed E-state index contributed by atoms with van der Waals surface area (Å²) in [7, 11) is 0. The van der Waals surface area contributed by atoms with Crippen LogP contribution in [0.15, 0.2) is 66.9 Å². The summed E-state index contributed by atoms with van der Waals surface area (Å²) in [4.78, 5) is 37.2. The van der Waals surface area contributed by atoms with Gasteiger partial charge in [-0.05, 0) is 19.1 Å². The molecule has 2 N–H and O–H groups in total. The SMILES string of the molecule is Cc1ncc(Cl)c(C(=O)NNC(=O)c2nc(-c3ccccc3)n(-c3ccccc3)n2)n1. The van der Waals surface area contributed by atoms with Gasteiger partial charge in [-0.1, -0.05) is 60.1 Å². The van der Waals surface area contributed by atoms with Gasteiger partial charge in [-0.3, -0.25) is 20.4 Å². The zero-order valence-corrected chi connectivity index (χ0v) is 17.0. The number of aromatic nitrogens is 5. The molecule has 2 heterocycles. The van der Waals surface area contributed by atoms with Gasteiger partial charge in [-0.15, -0.1) is 5.10 Å². The van der Waals surface area contributed by atoms with E-state index in [1.54, 1.807) is 11.6 Å². The lowest BCUT2D eigenvalue weighted by atomic mass is 10.2. The summed E-state index contributed by atoms with van der Waals surface area (Å²) in [5.41, 5.74) is 6.03. The third-order valence-corrected chi connectivity index (χ3v) is 4.49. The highest BCUT2D eigenvalue weighted by atomic mass is 35.5. The molecular weight excluding hydrogens is 418 g/mol. The predicted octanol–water partition coefficient (Wildman–Crippen LogP) is 2.76. The molecule has 0 atom stereocenters. The Morgan fingerprint density at radius 3 is 2.26 bits per heavy atom. The van der Waals surface area contributed by atoms with Crippen LogP contribution in [0.4, 0.5) is 0 Å². The van der Waals surface area contributed by atoms with Crippen LogP contribution in [0.25, 0.3) is 17.1 Å². The molecule has 10 heteroatoms. The molecule has 154 valence electrons. The number of hydrogen-bond donors (Lipinski definition) is 2. The quantitative estimate of drug-likeness (QED) is 0.478. The van der Waals surface area contributed by atoms with Crippen molar-refractivity contribution in [2.75, 3.05) is 0 Å². The minimum Gasteiger partial charge on any atom is -0.266 e. The largest absolute Gasteiger partial charge is 0.309 e. The molecular formula is C21H16ClN7O2. The monoisotopic (exact) mass is 433 g/mol. The zero-order chi connectivity index (χ0) is 21.8. The first-order chi connectivity index (χ1) is 15.0. The normalized spacial score (nSPS) is 10.5. The number of benzene rings is 2. The van der Waals surface area contributed by atoms with Crippen molar-refractivity contribution in [3.63, 3.8) is 0 Å². The summed E-state index contributed by atoms with van der Waals surface area (Å²) < 4.78 is 1.57. The van der Waals surface area contributed by atoms with Gasteiger partial charge in [0.05, 0.1) is 16.9 Å². The van der Waals surface area contributed by atoms with Crippen LogP contribution >= 0.6 is 11.6 Å². The molecule has 2 aromatic carbocycles. The van der Waals surface area contributed by atoms with Crippen LogP contribution in [0.2, 0.25) is 5.02 Å². The van der Waals surface area contributed by atoms with Gasteiger partial charge in [0.15, 0.2) is 11.5 Å². The Kier molecular flexibility index (Phi) is 5.67. The average molecular weight is 434 g/mol. The average Bonchev–Trinajstić information content (AvgIpc) is 3.26. The van der Waals surface area contributed by atoms with Crippen LogP contribution in [0.3, 0.4) is 0 Å². The summed E-state index contributed by atoms with van der Waals surface area (Å²) >= 11 is 5.96. The highest BCUT2D eigenvalue weighted by Crippen LogP contribution is 2.21. The maximum atomic E-state index is 12.6. The smallest absolute Gasteiger partial charge is 0.266 e. The first kappa shape index (κ1) is 20.2.